The highest BCUT2D eigenvalue weighted by atomic mass is 16.6. The fourth-order valence-electron chi connectivity index (χ4n) is 6.73. The minimum absolute atomic E-state index is 0.0288. The zero-order chi connectivity index (χ0) is 46.1. The van der Waals surface area contributed by atoms with Crippen LogP contribution in [-0.4, -0.2) is 101 Å². The molecule has 0 heterocycles. The summed E-state index contributed by atoms with van der Waals surface area (Å²) in [6, 6.07) is 0. The van der Waals surface area contributed by atoms with E-state index >= 15 is 0 Å². The zero-order valence-electron chi connectivity index (χ0n) is 40.2. The highest BCUT2D eigenvalue weighted by Gasteiger charge is 2.38. The number of esters is 6. The maximum absolute atomic E-state index is 13.4. The SMILES string of the molecule is CCCCCCCOC(=O)CCCCC(=O)OCC(COC(=O)CCCCC(=O)OCCCCCCC)(COC(=O)CCN(C)C)COC(=O)CC(CCCCC)CCCCC. The summed E-state index contributed by atoms with van der Waals surface area (Å²) in [7, 11) is 3.68. The summed E-state index contributed by atoms with van der Waals surface area (Å²) in [4.78, 5) is 78.7. The van der Waals surface area contributed by atoms with Crippen molar-refractivity contribution in [2.75, 3.05) is 60.3 Å². The second-order valence-corrected chi connectivity index (χ2v) is 17.4. The van der Waals surface area contributed by atoms with Gasteiger partial charge in [0, 0.05) is 38.6 Å². The number of unbranched alkanes of at least 4 members (excludes halogenated alkanes) is 14. The molecular weight excluding hydrogens is 795 g/mol. The van der Waals surface area contributed by atoms with Crippen molar-refractivity contribution in [3.05, 3.63) is 0 Å². The molecule has 13 heteroatoms. The van der Waals surface area contributed by atoms with E-state index < -0.39 is 29.3 Å². The molecule has 0 N–H and O–H groups in total. The molecule has 0 saturated carbocycles. The van der Waals surface area contributed by atoms with Crippen LogP contribution in [0.25, 0.3) is 0 Å². The molecule has 0 rings (SSSR count). The van der Waals surface area contributed by atoms with Crippen LogP contribution in [-0.2, 0) is 57.2 Å². The van der Waals surface area contributed by atoms with Gasteiger partial charge < -0.3 is 33.3 Å². The number of ether oxygens (including phenoxy) is 6. The van der Waals surface area contributed by atoms with E-state index in [1.165, 1.54) is 12.8 Å². The molecule has 0 radical (unpaired) electrons. The Labute approximate surface area is 376 Å². The molecule has 0 aliphatic heterocycles. The third-order valence-electron chi connectivity index (χ3n) is 10.9. The fraction of sp³-hybridized carbons (Fsp3) is 0.878. The van der Waals surface area contributed by atoms with Crippen LogP contribution in [0.2, 0.25) is 0 Å². The summed E-state index contributed by atoms with van der Waals surface area (Å²) in [5.41, 5.74) is -1.38. The van der Waals surface area contributed by atoms with Gasteiger partial charge in [0.2, 0.25) is 0 Å². The first-order valence-corrected chi connectivity index (χ1v) is 24.5. The summed E-state index contributed by atoms with van der Waals surface area (Å²) in [5.74, 6) is -2.42. The first-order chi connectivity index (χ1) is 29.9. The molecule has 0 bridgehead atoms. The number of rotatable bonds is 43. The number of carbonyl (C=O) groups excluding carboxylic acids is 6. The molecule has 0 atom stereocenters. The summed E-state index contributed by atoms with van der Waals surface area (Å²) in [6.45, 7) is 8.53. The Morgan fingerprint density at radius 2 is 0.710 bits per heavy atom. The van der Waals surface area contributed by atoms with Crippen molar-refractivity contribution in [3.63, 3.8) is 0 Å². The van der Waals surface area contributed by atoms with Crippen LogP contribution in [0.5, 0.6) is 0 Å². The Kier molecular flexibility index (Phi) is 38.4. The zero-order valence-corrected chi connectivity index (χ0v) is 40.2. The summed E-state index contributed by atoms with van der Waals surface area (Å²) < 4.78 is 33.7. The van der Waals surface area contributed by atoms with Gasteiger partial charge in [0.15, 0.2) is 0 Å². The highest BCUT2D eigenvalue weighted by Crippen LogP contribution is 2.26. The monoisotopic (exact) mass is 884 g/mol. The van der Waals surface area contributed by atoms with E-state index in [1.807, 2.05) is 19.0 Å². The maximum Gasteiger partial charge on any atom is 0.307 e. The Hall–Kier alpha value is -3.22. The lowest BCUT2D eigenvalue weighted by molar-refractivity contribution is -0.171. The van der Waals surface area contributed by atoms with Gasteiger partial charge in [-0.2, -0.15) is 0 Å². The van der Waals surface area contributed by atoms with Crippen LogP contribution >= 0.6 is 0 Å². The molecule has 62 heavy (non-hydrogen) atoms. The van der Waals surface area contributed by atoms with Crippen molar-refractivity contribution in [1.29, 1.82) is 0 Å². The normalized spacial score (nSPS) is 11.4. The molecule has 0 spiro atoms. The van der Waals surface area contributed by atoms with Gasteiger partial charge in [0.1, 0.15) is 31.8 Å². The topological polar surface area (TPSA) is 161 Å². The molecule has 0 aliphatic rings. The van der Waals surface area contributed by atoms with Gasteiger partial charge in [-0.3, -0.25) is 28.8 Å². The molecule has 0 unspecified atom stereocenters. The molecule has 0 aliphatic carbocycles. The van der Waals surface area contributed by atoms with Gasteiger partial charge in [0.05, 0.1) is 19.6 Å². The first-order valence-electron chi connectivity index (χ1n) is 24.5. The fourth-order valence-corrected chi connectivity index (χ4v) is 6.73. The third kappa shape index (κ3) is 36.3. The van der Waals surface area contributed by atoms with Crippen LogP contribution in [0, 0.1) is 11.3 Å². The molecule has 13 nitrogen and oxygen atoms in total. The van der Waals surface area contributed by atoms with Crippen LogP contribution in [0.15, 0.2) is 0 Å². The summed E-state index contributed by atoms with van der Waals surface area (Å²) >= 11 is 0. The van der Waals surface area contributed by atoms with Crippen molar-refractivity contribution in [1.82, 2.24) is 4.90 Å². The number of hydrogen-bond acceptors (Lipinski definition) is 13. The Morgan fingerprint density at radius 3 is 1.08 bits per heavy atom. The second-order valence-electron chi connectivity index (χ2n) is 17.4. The van der Waals surface area contributed by atoms with Gasteiger partial charge in [-0.15, -0.1) is 0 Å². The Balaban J connectivity index is 5.74. The maximum atomic E-state index is 13.4. The van der Waals surface area contributed by atoms with E-state index in [4.69, 9.17) is 28.4 Å². The largest absolute Gasteiger partial charge is 0.466 e. The van der Waals surface area contributed by atoms with Crippen LogP contribution < -0.4 is 0 Å². The van der Waals surface area contributed by atoms with E-state index in [0.29, 0.717) is 45.4 Å². The van der Waals surface area contributed by atoms with E-state index in [1.54, 1.807) is 0 Å². The van der Waals surface area contributed by atoms with Gasteiger partial charge >= 0.3 is 35.8 Å². The molecule has 0 fully saturated rings. The molecule has 0 aromatic carbocycles. The number of nitrogens with zero attached hydrogens (tertiary/aromatic N) is 1. The summed E-state index contributed by atoms with van der Waals surface area (Å²) in [6.07, 6.45) is 21.3. The smallest absolute Gasteiger partial charge is 0.307 e. The van der Waals surface area contributed by atoms with E-state index in [2.05, 4.69) is 27.7 Å². The number of hydrogen-bond donors (Lipinski definition) is 0. The van der Waals surface area contributed by atoms with Gasteiger partial charge in [-0.05, 0) is 71.4 Å². The molecule has 0 aromatic heterocycles. The van der Waals surface area contributed by atoms with E-state index in [0.717, 1.165) is 103 Å². The average Bonchev–Trinajstić information content (AvgIpc) is 3.25. The lowest BCUT2D eigenvalue weighted by Gasteiger charge is -2.32. The molecule has 362 valence electrons. The quantitative estimate of drug-likeness (QED) is 0.0323. The Morgan fingerprint density at radius 1 is 0.387 bits per heavy atom. The lowest BCUT2D eigenvalue weighted by atomic mass is 9.91. The third-order valence-corrected chi connectivity index (χ3v) is 10.9. The van der Waals surface area contributed by atoms with Gasteiger partial charge in [-0.25, -0.2) is 0 Å². The van der Waals surface area contributed by atoms with Crippen molar-refractivity contribution >= 4 is 35.8 Å². The van der Waals surface area contributed by atoms with E-state index in [9.17, 15) is 28.8 Å². The predicted molar refractivity (Wildman–Crippen MR) is 242 cm³/mol. The molecular formula is C49H89NO12. The highest BCUT2D eigenvalue weighted by molar-refractivity contribution is 5.72. The Bertz CT molecular complexity index is 1110. The molecule has 0 aromatic rings. The van der Waals surface area contributed by atoms with Crippen molar-refractivity contribution in [3.8, 4) is 0 Å². The van der Waals surface area contributed by atoms with Gasteiger partial charge in [-0.1, -0.05) is 118 Å². The minimum Gasteiger partial charge on any atom is -0.466 e. The lowest BCUT2D eigenvalue weighted by Crippen LogP contribution is -2.44. The number of carbonyl (C=O) groups is 6. The molecule has 0 amide bonds. The summed E-state index contributed by atoms with van der Waals surface area (Å²) in [5, 5.41) is 0. The predicted octanol–water partition coefficient (Wildman–Crippen LogP) is 10.4. The van der Waals surface area contributed by atoms with Crippen molar-refractivity contribution in [2.24, 2.45) is 11.3 Å². The van der Waals surface area contributed by atoms with Gasteiger partial charge in [0.25, 0.3) is 0 Å². The van der Waals surface area contributed by atoms with Crippen LogP contribution in [0.1, 0.15) is 207 Å². The second kappa shape index (κ2) is 40.5. The average molecular weight is 884 g/mol. The van der Waals surface area contributed by atoms with E-state index in [-0.39, 0.29) is 82.8 Å². The first kappa shape index (κ1) is 58.8. The standard InChI is InChI=1S/C49H89NO12/c1-7-11-15-17-25-35-57-43(51)29-21-23-31-45(53)59-38-49(40-61-47(55)33-34-50(5)6,41-62-48(56)37-42(27-19-13-9-3)28-20-14-10-4)39-60-46(54)32-24-22-30-44(52)58-36-26-18-16-12-8-2/h42H,7-41H2,1-6H3. The minimum atomic E-state index is -1.38. The van der Waals surface area contributed by atoms with Crippen molar-refractivity contribution in [2.45, 2.75) is 207 Å². The van der Waals surface area contributed by atoms with Crippen LogP contribution in [0.4, 0.5) is 0 Å². The van der Waals surface area contributed by atoms with Crippen LogP contribution in [0.3, 0.4) is 0 Å². The van der Waals surface area contributed by atoms with Crippen molar-refractivity contribution < 1.29 is 57.2 Å². The molecule has 0 saturated heterocycles.